The van der Waals surface area contributed by atoms with E-state index in [0.717, 1.165) is 10.4 Å². The summed E-state index contributed by atoms with van der Waals surface area (Å²) >= 11 is 2.46. The molecule has 3 aromatic carbocycles. The number of methoxy groups -OCH3 is 1. The molecular weight excluding hydrogens is 669 g/mol. The normalized spacial score (nSPS) is 13.1. The number of rotatable bonds is 9. The number of nitrogens with zero attached hydrogens (tertiary/aromatic N) is 2. The zero-order valence-electron chi connectivity index (χ0n) is 27.2. The van der Waals surface area contributed by atoms with E-state index in [-0.39, 0.29) is 23.4 Å². The molecule has 0 spiro atoms. The third-order valence-corrected chi connectivity index (χ3v) is 9.72. The summed E-state index contributed by atoms with van der Waals surface area (Å²) in [6, 6.07) is 21.5. The van der Waals surface area contributed by atoms with E-state index in [0.29, 0.717) is 34.1 Å². The van der Waals surface area contributed by atoms with E-state index in [9.17, 15) is 29.3 Å². The average Bonchev–Trinajstić information content (AvgIpc) is 3.43. The molecule has 1 aliphatic heterocycles. The van der Waals surface area contributed by atoms with Crippen LogP contribution in [0.3, 0.4) is 0 Å². The zero-order valence-corrected chi connectivity index (χ0v) is 28.8. The standard InChI is InChI=1S/C35H34N4O8S2/c1-35(2,3)47-34(43)38-17-16-26-27(20-38)49-32(28(26)33(42)46-4)37-31(41)29(21-10-6-5-7-11-21)48-25-15-9-13-23(19-25)36-30(40)22-12-8-14-24(18-22)39(44)45/h5-15,18-19,29H,16-17,20H2,1-4H3,(H,36,40)(H,37,41). The first kappa shape index (κ1) is 35.1. The van der Waals surface area contributed by atoms with Crippen molar-refractivity contribution in [1.82, 2.24) is 4.90 Å². The van der Waals surface area contributed by atoms with Crippen molar-refractivity contribution in [2.75, 3.05) is 24.3 Å². The van der Waals surface area contributed by atoms with Crippen LogP contribution in [0.4, 0.5) is 21.2 Å². The van der Waals surface area contributed by atoms with Gasteiger partial charge in [0, 0.05) is 39.7 Å². The van der Waals surface area contributed by atoms with Crippen LogP contribution in [0.1, 0.15) is 62.7 Å². The average molecular weight is 703 g/mol. The van der Waals surface area contributed by atoms with Gasteiger partial charge >= 0.3 is 12.1 Å². The predicted molar refractivity (Wildman–Crippen MR) is 187 cm³/mol. The number of amides is 3. The summed E-state index contributed by atoms with van der Waals surface area (Å²) in [5.41, 5.74) is 1.39. The first-order valence-corrected chi connectivity index (χ1v) is 16.9. The highest BCUT2D eigenvalue weighted by atomic mass is 32.2. The molecule has 1 atom stereocenters. The minimum Gasteiger partial charge on any atom is -0.465 e. The summed E-state index contributed by atoms with van der Waals surface area (Å²) in [6.45, 7) is 5.94. The maximum absolute atomic E-state index is 14.1. The summed E-state index contributed by atoms with van der Waals surface area (Å²) in [5, 5.41) is 16.4. The molecular formula is C35H34N4O8S2. The number of nitrogens with one attached hydrogen (secondary N) is 2. The van der Waals surface area contributed by atoms with E-state index in [2.05, 4.69) is 10.6 Å². The molecule has 1 unspecified atom stereocenters. The lowest BCUT2D eigenvalue weighted by molar-refractivity contribution is -0.384. The van der Waals surface area contributed by atoms with Gasteiger partial charge in [0.25, 0.3) is 11.6 Å². The SMILES string of the molecule is COC(=O)c1c(NC(=O)C(Sc2cccc(NC(=O)c3cccc([N+](=O)[O-])c3)c2)c2ccccc2)sc2c1CCN(C(=O)OC(C)(C)C)C2. The van der Waals surface area contributed by atoms with Gasteiger partial charge in [-0.3, -0.25) is 19.7 Å². The number of thioether (sulfide) groups is 1. The van der Waals surface area contributed by atoms with E-state index in [4.69, 9.17) is 9.47 Å². The van der Waals surface area contributed by atoms with Gasteiger partial charge in [-0.15, -0.1) is 23.1 Å². The fourth-order valence-corrected chi connectivity index (χ4v) is 7.46. The Balaban J connectivity index is 1.39. The first-order valence-electron chi connectivity index (χ1n) is 15.2. The van der Waals surface area contributed by atoms with Crippen LogP contribution >= 0.6 is 23.1 Å². The van der Waals surface area contributed by atoms with Gasteiger partial charge in [-0.2, -0.15) is 0 Å². The molecule has 1 aromatic heterocycles. The number of fused-ring (bicyclic) bond motifs is 1. The van der Waals surface area contributed by atoms with Crippen LogP contribution in [0.5, 0.6) is 0 Å². The molecule has 2 N–H and O–H groups in total. The van der Waals surface area contributed by atoms with Crippen molar-refractivity contribution < 1.29 is 33.6 Å². The molecule has 0 saturated carbocycles. The van der Waals surface area contributed by atoms with Gasteiger partial charge in [0.15, 0.2) is 0 Å². The number of nitro benzene ring substituents is 1. The zero-order chi connectivity index (χ0) is 35.3. The minimum atomic E-state index is -0.771. The quantitative estimate of drug-likeness (QED) is 0.0782. The van der Waals surface area contributed by atoms with Crippen molar-refractivity contribution in [3.63, 3.8) is 0 Å². The lowest BCUT2D eigenvalue weighted by Gasteiger charge is -2.30. The number of esters is 1. The number of hydrogen-bond donors (Lipinski definition) is 2. The molecule has 0 aliphatic carbocycles. The minimum absolute atomic E-state index is 0.128. The van der Waals surface area contributed by atoms with Gasteiger partial charge in [-0.25, -0.2) is 9.59 Å². The Bertz CT molecular complexity index is 1900. The first-order chi connectivity index (χ1) is 23.3. The molecule has 12 nitrogen and oxygen atoms in total. The number of hydrogen-bond acceptors (Lipinski definition) is 10. The Labute approximate surface area is 290 Å². The van der Waals surface area contributed by atoms with Crippen LogP contribution < -0.4 is 10.6 Å². The molecule has 0 bridgehead atoms. The highest BCUT2D eigenvalue weighted by Crippen LogP contribution is 2.41. The van der Waals surface area contributed by atoms with Gasteiger partial charge in [0.1, 0.15) is 15.9 Å². The second-order valence-electron chi connectivity index (χ2n) is 12.0. The Morgan fingerprint density at radius 2 is 1.71 bits per heavy atom. The lowest BCUT2D eigenvalue weighted by Crippen LogP contribution is -2.39. The maximum Gasteiger partial charge on any atom is 0.410 e. The van der Waals surface area contributed by atoms with Gasteiger partial charge < -0.3 is 25.0 Å². The number of benzene rings is 3. The second-order valence-corrected chi connectivity index (χ2v) is 14.3. The molecule has 3 amide bonds. The number of anilines is 2. The maximum atomic E-state index is 14.1. The van der Waals surface area contributed by atoms with Crippen molar-refractivity contribution in [3.8, 4) is 0 Å². The smallest absolute Gasteiger partial charge is 0.410 e. The van der Waals surface area contributed by atoms with E-state index < -0.39 is 39.7 Å². The summed E-state index contributed by atoms with van der Waals surface area (Å²) in [5.74, 6) is -1.50. The molecule has 0 fully saturated rings. The van der Waals surface area contributed by atoms with E-state index in [1.54, 1.807) is 49.9 Å². The van der Waals surface area contributed by atoms with Gasteiger partial charge in [0.2, 0.25) is 5.91 Å². The van der Waals surface area contributed by atoms with Gasteiger partial charge in [-0.1, -0.05) is 42.5 Å². The molecule has 1 aliphatic rings. The largest absolute Gasteiger partial charge is 0.465 e. The number of ether oxygens (including phenoxy) is 2. The predicted octanol–water partition coefficient (Wildman–Crippen LogP) is 7.46. The second kappa shape index (κ2) is 14.9. The van der Waals surface area contributed by atoms with E-state index >= 15 is 0 Å². The van der Waals surface area contributed by atoms with Crippen molar-refractivity contribution in [2.24, 2.45) is 0 Å². The molecule has 14 heteroatoms. The van der Waals surface area contributed by atoms with Crippen molar-refractivity contribution in [3.05, 3.63) is 116 Å². The lowest BCUT2D eigenvalue weighted by atomic mass is 10.0. The summed E-state index contributed by atoms with van der Waals surface area (Å²) < 4.78 is 10.6. The number of thiophene rings is 1. The van der Waals surface area contributed by atoms with Gasteiger partial charge in [-0.05, 0) is 62.6 Å². The Morgan fingerprint density at radius 1 is 0.980 bits per heavy atom. The van der Waals surface area contributed by atoms with Crippen LogP contribution in [0, 0.1) is 10.1 Å². The number of carbonyl (C=O) groups is 4. The molecule has 4 aromatic rings. The van der Waals surface area contributed by atoms with Crippen LogP contribution in [0.15, 0.2) is 83.8 Å². The van der Waals surface area contributed by atoms with E-state index in [1.807, 2.05) is 30.3 Å². The Hall–Kier alpha value is -5.21. The summed E-state index contributed by atoms with van der Waals surface area (Å²) in [4.78, 5) is 66.4. The molecule has 0 saturated heterocycles. The van der Waals surface area contributed by atoms with E-state index in [1.165, 1.54) is 54.5 Å². The Morgan fingerprint density at radius 3 is 2.41 bits per heavy atom. The molecule has 0 radical (unpaired) electrons. The molecule has 254 valence electrons. The molecule has 2 heterocycles. The topological polar surface area (TPSA) is 157 Å². The van der Waals surface area contributed by atoms with Crippen molar-refractivity contribution in [2.45, 2.75) is 49.5 Å². The highest BCUT2D eigenvalue weighted by Gasteiger charge is 2.33. The van der Waals surface area contributed by atoms with Crippen LogP contribution in [-0.2, 0) is 27.2 Å². The number of non-ortho nitro benzene ring substituents is 1. The van der Waals surface area contributed by atoms with Crippen molar-refractivity contribution in [1.29, 1.82) is 0 Å². The van der Waals surface area contributed by atoms with Gasteiger partial charge in [0.05, 0.1) is 24.1 Å². The monoisotopic (exact) mass is 702 g/mol. The van der Waals surface area contributed by atoms with Crippen LogP contribution in [0.25, 0.3) is 0 Å². The molecule has 5 rings (SSSR count). The fourth-order valence-electron chi connectivity index (χ4n) is 5.12. The summed E-state index contributed by atoms with van der Waals surface area (Å²) in [6.07, 6.45) is -0.0716. The third-order valence-electron chi connectivity index (χ3n) is 7.34. The molecule has 49 heavy (non-hydrogen) atoms. The summed E-state index contributed by atoms with van der Waals surface area (Å²) in [7, 11) is 1.28. The van der Waals surface area contributed by atoms with Crippen LogP contribution in [0.2, 0.25) is 0 Å². The Kier molecular flexibility index (Phi) is 10.7. The van der Waals surface area contributed by atoms with Crippen molar-refractivity contribution >= 4 is 63.4 Å². The highest BCUT2D eigenvalue weighted by molar-refractivity contribution is 8.00. The number of nitro groups is 1. The van der Waals surface area contributed by atoms with Crippen LogP contribution in [-0.4, -0.2) is 53.0 Å². The fraction of sp³-hybridized carbons (Fsp3) is 0.257. The number of carbonyl (C=O) groups excluding carboxylic acids is 4. The third kappa shape index (κ3) is 8.64.